The lowest BCUT2D eigenvalue weighted by Gasteiger charge is -2.40. The highest BCUT2D eigenvalue weighted by Crippen LogP contribution is 2.62. The van der Waals surface area contributed by atoms with Crippen molar-refractivity contribution in [2.45, 2.75) is 5.41 Å². The van der Waals surface area contributed by atoms with E-state index in [0.29, 0.717) is 0 Å². The van der Waals surface area contributed by atoms with Crippen molar-refractivity contribution in [2.24, 2.45) is 0 Å². The predicted molar refractivity (Wildman–Crippen MR) is 296 cm³/mol. The van der Waals surface area contributed by atoms with E-state index < -0.39 is 5.41 Å². The molecule has 1 atom stereocenters. The molecule has 0 bridgehead atoms. The summed E-state index contributed by atoms with van der Waals surface area (Å²) < 4.78 is 5.16. The molecule has 0 amide bonds. The average molecular weight is 907 g/mol. The van der Waals surface area contributed by atoms with Crippen LogP contribution in [-0.4, -0.2) is 4.57 Å². The van der Waals surface area contributed by atoms with Crippen LogP contribution < -0.4 is 4.90 Å². The van der Waals surface area contributed by atoms with Gasteiger partial charge in [0.2, 0.25) is 0 Å². The Hall–Kier alpha value is -8.76. The van der Waals surface area contributed by atoms with Crippen molar-refractivity contribution >= 4 is 70.4 Å². The van der Waals surface area contributed by atoms with Gasteiger partial charge in [0.05, 0.1) is 27.8 Å². The first-order valence-corrected chi connectivity index (χ1v) is 25.0. The predicted octanol–water partition coefficient (Wildman–Crippen LogP) is 18.3. The van der Waals surface area contributed by atoms with Gasteiger partial charge in [0.25, 0.3) is 0 Å². The molecule has 1 aliphatic heterocycles. The number of thiophene rings is 1. The first-order chi connectivity index (χ1) is 34.7. The van der Waals surface area contributed by atoms with E-state index in [1.807, 2.05) is 11.3 Å². The third-order valence-corrected chi connectivity index (χ3v) is 16.3. The second-order valence-corrected chi connectivity index (χ2v) is 19.8. The lowest BCUT2D eigenvalue weighted by Crippen LogP contribution is -2.33. The molecule has 2 aromatic heterocycles. The highest BCUT2D eigenvalue weighted by molar-refractivity contribution is 7.25. The van der Waals surface area contributed by atoms with E-state index in [4.69, 9.17) is 0 Å². The molecule has 0 fully saturated rings. The SMILES string of the molecule is c1ccc(-c2cccc(-c3ccccc3N(c3ccc(-c4ccc5c(c4)sc4ccccc45)cc3)c3ccc4c(c3)C3(c5ccccc5-4)c4ccccc4-n4c5ccccc5c5cccc3c54)c2)cc1. The van der Waals surface area contributed by atoms with E-state index >= 15 is 0 Å². The summed E-state index contributed by atoms with van der Waals surface area (Å²) in [5.74, 6) is 0. The number of benzene rings is 11. The molecule has 2 aliphatic rings. The lowest BCUT2D eigenvalue weighted by molar-refractivity contribution is 0.748. The lowest BCUT2D eigenvalue weighted by atomic mass is 9.65. The van der Waals surface area contributed by atoms with Gasteiger partial charge < -0.3 is 9.47 Å². The van der Waals surface area contributed by atoms with Crippen molar-refractivity contribution in [2.75, 3.05) is 4.90 Å². The first kappa shape index (κ1) is 39.3. The molecule has 13 aromatic rings. The van der Waals surface area contributed by atoms with E-state index in [9.17, 15) is 0 Å². The van der Waals surface area contributed by atoms with Crippen molar-refractivity contribution in [3.63, 3.8) is 0 Å². The summed E-state index contributed by atoms with van der Waals surface area (Å²) in [5.41, 5.74) is 21.4. The van der Waals surface area contributed by atoms with Crippen LogP contribution in [0.25, 0.3) is 92.2 Å². The number of nitrogens with zero attached hydrogens (tertiary/aromatic N) is 2. The Kier molecular flexibility index (Phi) is 8.48. The molecule has 70 heavy (non-hydrogen) atoms. The van der Waals surface area contributed by atoms with Crippen LogP contribution in [0.5, 0.6) is 0 Å². The van der Waals surface area contributed by atoms with Gasteiger partial charge in [-0.1, -0.05) is 194 Å². The van der Waals surface area contributed by atoms with Gasteiger partial charge in [-0.05, 0) is 122 Å². The van der Waals surface area contributed by atoms with Gasteiger partial charge >= 0.3 is 0 Å². The van der Waals surface area contributed by atoms with Crippen LogP contribution in [0.3, 0.4) is 0 Å². The van der Waals surface area contributed by atoms with Gasteiger partial charge in [-0.2, -0.15) is 0 Å². The van der Waals surface area contributed by atoms with Gasteiger partial charge in [0, 0.05) is 47.9 Å². The van der Waals surface area contributed by atoms with Crippen LogP contribution in [0, 0.1) is 0 Å². The fourth-order valence-corrected chi connectivity index (χ4v) is 13.4. The Bertz CT molecular complexity index is 4250. The molecule has 1 spiro atoms. The zero-order chi connectivity index (χ0) is 45.9. The average Bonchev–Trinajstić information content (AvgIpc) is 4.08. The molecule has 1 unspecified atom stereocenters. The number of aromatic nitrogens is 1. The molecule has 15 rings (SSSR count). The highest BCUT2D eigenvalue weighted by atomic mass is 32.1. The van der Waals surface area contributed by atoms with E-state index in [-0.39, 0.29) is 0 Å². The standard InChI is InChI=1S/C67H42N2S/c1-2-16-43(17-3-1)45-18-14-19-47(40-45)50-20-5-10-28-61(50)68(48-35-32-44(33-36-48)46-34-38-55-54-23-7-13-31-64(54)70-65(55)41-46)49-37-39-52-51-21-4-8-25-57(51)67(60(52)42-49)58-26-9-12-30-63(58)69-62-29-11-6-22-53(62)56-24-15-27-59(67)66(56)69/h1-42H. The molecule has 2 nitrogen and oxygen atoms in total. The number of rotatable bonds is 6. The van der Waals surface area contributed by atoms with Crippen LogP contribution in [0.15, 0.2) is 255 Å². The maximum absolute atomic E-state index is 2.53. The number of hydrogen-bond donors (Lipinski definition) is 0. The maximum Gasteiger partial charge on any atom is 0.0755 e. The Morgan fingerprint density at radius 1 is 0.329 bits per heavy atom. The molecule has 1 aliphatic carbocycles. The van der Waals surface area contributed by atoms with Gasteiger partial charge in [-0.15, -0.1) is 11.3 Å². The molecule has 3 heterocycles. The summed E-state index contributed by atoms with van der Waals surface area (Å²) in [7, 11) is 0. The Labute approximate surface area is 410 Å². The molecule has 0 radical (unpaired) electrons. The third kappa shape index (κ3) is 5.55. The Balaban J connectivity index is 0.964. The van der Waals surface area contributed by atoms with Crippen molar-refractivity contribution < 1.29 is 0 Å². The van der Waals surface area contributed by atoms with Crippen LogP contribution in [0.4, 0.5) is 17.1 Å². The highest BCUT2D eigenvalue weighted by Gasteiger charge is 2.51. The summed E-state index contributed by atoms with van der Waals surface area (Å²) in [5, 5.41) is 5.19. The fraction of sp³-hybridized carbons (Fsp3) is 0.0149. The van der Waals surface area contributed by atoms with Crippen molar-refractivity contribution in [1.29, 1.82) is 0 Å². The van der Waals surface area contributed by atoms with Gasteiger partial charge in [0.15, 0.2) is 0 Å². The fourth-order valence-electron chi connectivity index (χ4n) is 12.2. The Morgan fingerprint density at radius 2 is 0.929 bits per heavy atom. The molecular weight excluding hydrogens is 865 g/mol. The zero-order valence-electron chi connectivity index (χ0n) is 38.1. The Morgan fingerprint density at radius 3 is 1.83 bits per heavy atom. The van der Waals surface area contributed by atoms with Crippen LogP contribution in [-0.2, 0) is 5.41 Å². The monoisotopic (exact) mass is 906 g/mol. The van der Waals surface area contributed by atoms with Crippen LogP contribution in [0.2, 0.25) is 0 Å². The summed E-state index contributed by atoms with van der Waals surface area (Å²) in [6.45, 7) is 0. The zero-order valence-corrected chi connectivity index (χ0v) is 38.9. The number of anilines is 3. The van der Waals surface area contributed by atoms with Gasteiger partial charge in [0.1, 0.15) is 0 Å². The third-order valence-electron chi connectivity index (χ3n) is 15.2. The molecule has 0 saturated heterocycles. The number of fused-ring (bicyclic) bond motifs is 15. The van der Waals surface area contributed by atoms with Gasteiger partial charge in [-0.3, -0.25) is 0 Å². The molecule has 326 valence electrons. The summed E-state index contributed by atoms with van der Waals surface area (Å²) in [6, 6.07) is 95.0. The smallest absolute Gasteiger partial charge is 0.0755 e. The summed E-state index contributed by atoms with van der Waals surface area (Å²) >= 11 is 1.87. The minimum absolute atomic E-state index is 0.577. The second kappa shape index (κ2) is 15.1. The van der Waals surface area contributed by atoms with E-state index in [1.165, 1.54) is 109 Å². The second-order valence-electron chi connectivity index (χ2n) is 18.8. The van der Waals surface area contributed by atoms with Gasteiger partial charge in [-0.25, -0.2) is 0 Å². The maximum atomic E-state index is 2.53. The van der Waals surface area contributed by atoms with E-state index in [2.05, 4.69) is 264 Å². The van der Waals surface area contributed by atoms with Crippen molar-refractivity contribution in [3.8, 4) is 50.2 Å². The topological polar surface area (TPSA) is 8.17 Å². The molecule has 3 heteroatoms. The number of hydrogen-bond acceptors (Lipinski definition) is 2. The van der Waals surface area contributed by atoms with Crippen LogP contribution >= 0.6 is 11.3 Å². The first-order valence-electron chi connectivity index (χ1n) is 24.2. The summed E-state index contributed by atoms with van der Waals surface area (Å²) in [4.78, 5) is 2.49. The van der Waals surface area contributed by atoms with Crippen molar-refractivity contribution in [3.05, 3.63) is 277 Å². The largest absolute Gasteiger partial charge is 0.310 e. The van der Waals surface area contributed by atoms with E-state index in [1.54, 1.807) is 0 Å². The number of para-hydroxylation sites is 4. The molecule has 11 aromatic carbocycles. The molecule has 0 saturated carbocycles. The van der Waals surface area contributed by atoms with Crippen LogP contribution in [0.1, 0.15) is 22.3 Å². The minimum Gasteiger partial charge on any atom is -0.310 e. The normalized spacial score (nSPS) is 14.3. The molecular formula is C67H42N2S. The summed E-state index contributed by atoms with van der Waals surface area (Å²) in [6.07, 6.45) is 0. The van der Waals surface area contributed by atoms with Crippen molar-refractivity contribution in [1.82, 2.24) is 4.57 Å². The minimum atomic E-state index is -0.577. The molecule has 0 N–H and O–H groups in total. The van der Waals surface area contributed by atoms with E-state index in [0.717, 1.165) is 22.6 Å². The quantitative estimate of drug-likeness (QED) is 0.161.